The number of hydrogen-bond donors (Lipinski definition) is 4. The van der Waals surface area contributed by atoms with Crippen molar-refractivity contribution in [1.82, 2.24) is 10.6 Å². The van der Waals surface area contributed by atoms with Gasteiger partial charge in [-0.15, -0.1) is 0 Å². The molecule has 0 aromatic heterocycles. The molecule has 0 unspecified atom stereocenters. The number of benzene rings is 1. The van der Waals surface area contributed by atoms with Gasteiger partial charge in [0.1, 0.15) is 5.82 Å². The number of nitrogens with one attached hydrogen (secondary N) is 2. The Morgan fingerprint density at radius 1 is 1.38 bits per heavy atom. The standard InChI is InChI=1S/C14H19FN2O4/c1-8-7-11(15)4-3-10(8)5-6-16-14(21)17-12(9(2)18)13(19)20/h3-4,7,9,12,18H,5-6H2,1-2H3,(H,19,20)(H2,16,17,21)/t9-,12+/m1/s1. The number of rotatable bonds is 6. The lowest BCUT2D eigenvalue weighted by Gasteiger charge is -2.17. The summed E-state index contributed by atoms with van der Waals surface area (Å²) in [7, 11) is 0. The first-order valence-electron chi connectivity index (χ1n) is 6.51. The van der Waals surface area contributed by atoms with Crippen molar-refractivity contribution in [3.8, 4) is 0 Å². The second kappa shape index (κ2) is 7.58. The molecule has 0 fully saturated rings. The lowest BCUT2D eigenvalue weighted by atomic mass is 10.1. The van der Waals surface area contributed by atoms with Crippen LogP contribution in [0.3, 0.4) is 0 Å². The first-order chi connectivity index (χ1) is 9.81. The van der Waals surface area contributed by atoms with Crippen LogP contribution < -0.4 is 10.6 Å². The van der Waals surface area contributed by atoms with E-state index < -0.39 is 24.1 Å². The average molecular weight is 298 g/mol. The summed E-state index contributed by atoms with van der Waals surface area (Å²) in [6.45, 7) is 3.32. The molecule has 0 saturated heterocycles. The van der Waals surface area contributed by atoms with Crippen molar-refractivity contribution in [2.75, 3.05) is 6.54 Å². The number of aliphatic hydroxyl groups excluding tert-OH is 1. The van der Waals surface area contributed by atoms with Gasteiger partial charge in [0.2, 0.25) is 0 Å². The van der Waals surface area contributed by atoms with Gasteiger partial charge in [-0.2, -0.15) is 0 Å². The first-order valence-corrected chi connectivity index (χ1v) is 6.51. The summed E-state index contributed by atoms with van der Waals surface area (Å²) >= 11 is 0. The SMILES string of the molecule is Cc1cc(F)ccc1CCNC(=O)N[C@H](C(=O)O)[C@@H](C)O. The Labute approximate surface area is 122 Å². The summed E-state index contributed by atoms with van der Waals surface area (Å²) in [5.74, 6) is -1.63. The second-order valence-electron chi connectivity index (χ2n) is 4.78. The number of aliphatic hydroxyl groups is 1. The number of aryl methyl sites for hydroxylation is 1. The van der Waals surface area contributed by atoms with Gasteiger partial charge in [0.05, 0.1) is 6.10 Å². The monoisotopic (exact) mass is 298 g/mol. The van der Waals surface area contributed by atoms with E-state index in [1.807, 2.05) is 0 Å². The molecule has 0 aliphatic carbocycles. The minimum atomic E-state index is -1.36. The van der Waals surface area contributed by atoms with Crippen molar-refractivity contribution in [3.63, 3.8) is 0 Å². The van der Waals surface area contributed by atoms with Crippen LogP contribution in [0, 0.1) is 12.7 Å². The number of halogens is 1. The van der Waals surface area contributed by atoms with E-state index in [2.05, 4.69) is 10.6 Å². The van der Waals surface area contributed by atoms with Gasteiger partial charge in [0.25, 0.3) is 0 Å². The third-order valence-corrected chi connectivity index (χ3v) is 3.02. The predicted octanol–water partition coefficient (Wildman–Crippen LogP) is 0.810. The zero-order valence-corrected chi connectivity index (χ0v) is 11.9. The number of carbonyl (C=O) groups is 2. The van der Waals surface area contributed by atoms with E-state index in [1.54, 1.807) is 13.0 Å². The van der Waals surface area contributed by atoms with Crippen LogP contribution in [0.5, 0.6) is 0 Å². The van der Waals surface area contributed by atoms with Crippen molar-refractivity contribution < 1.29 is 24.2 Å². The molecule has 6 nitrogen and oxygen atoms in total. The number of carboxylic acids is 1. The Bertz CT molecular complexity index is 520. The summed E-state index contributed by atoms with van der Waals surface area (Å²) in [6.07, 6.45) is -0.709. The molecular formula is C14H19FN2O4. The quantitative estimate of drug-likeness (QED) is 0.624. The summed E-state index contributed by atoms with van der Waals surface area (Å²) < 4.78 is 12.9. The number of carboxylic acid groups (broad SMARTS) is 1. The Balaban J connectivity index is 2.44. The van der Waals surface area contributed by atoms with Gasteiger partial charge in [-0.1, -0.05) is 6.07 Å². The number of carbonyl (C=O) groups excluding carboxylic acids is 1. The van der Waals surface area contributed by atoms with Crippen molar-refractivity contribution in [1.29, 1.82) is 0 Å². The number of aliphatic carboxylic acids is 1. The predicted molar refractivity (Wildman–Crippen MR) is 74.5 cm³/mol. The van der Waals surface area contributed by atoms with Crippen molar-refractivity contribution in [3.05, 3.63) is 35.1 Å². The molecule has 21 heavy (non-hydrogen) atoms. The molecule has 0 heterocycles. The fourth-order valence-electron chi connectivity index (χ4n) is 1.83. The molecule has 0 bridgehead atoms. The topological polar surface area (TPSA) is 98.7 Å². The normalized spacial score (nSPS) is 13.3. The number of urea groups is 1. The molecular weight excluding hydrogens is 279 g/mol. The van der Waals surface area contributed by atoms with Crippen LogP contribution in [0.15, 0.2) is 18.2 Å². The molecule has 1 aromatic carbocycles. The number of hydrogen-bond acceptors (Lipinski definition) is 3. The van der Waals surface area contributed by atoms with Gasteiger partial charge >= 0.3 is 12.0 Å². The fourth-order valence-corrected chi connectivity index (χ4v) is 1.83. The Morgan fingerprint density at radius 3 is 2.57 bits per heavy atom. The molecule has 1 aromatic rings. The lowest BCUT2D eigenvalue weighted by molar-refractivity contribution is -0.141. The van der Waals surface area contributed by atoms with Gasteiger partial charge in [-0.25, -0.2) is 14.0 Å². The Kier molecular flexibility index (Phi) is 6.10. The maximum atomic E-state index is 12.9. The van der Waals surface area contributed by atoms with Gasteiger partial charge in [0, 0.05) is 6.54 Å². The Hall–Kier alpha value is -2.15. The van der Waals surface area contributed by atoms with E-state index in [0.717, 1.165) is 11.1 Å². The van der Waals surface area contributed by atoms with Crippen LogP contribution in [0.2, 0.25) is 0 Å². The van der Waals surface area contributed by atoms with Crippen LogP contribution in [0.4, 0.5) is 9.18 Å². The molecule has 0 saturated carbocycles. The van der Waals surface area contributed by atoms with E-state index >= 15 is 0 Å². The van der Waals surface area contributed by atoms with E-state index in [4.69, 9.17) is 5.11 Å². The van der Waals surface area contributed by atoms with E-state index in [9.17, 15) is 19.1 Å². The minimum Gasteiger partial charge on any atom is -0.480 e. The van der Waals surface area contributed by atoms with Crippen LogP contribution in [-0.4, -0.2) is 40.9 Å². The molecule has 0 aliphatic rings. The Morgan fingerprint density at radius 2 is 2.05 bits per heavy atom. The van der Waals surface area contributed by atoms with Crippen molar-refractivity contribution in [2.24, 2.45) is 0 Å². The summed E-state index contributed by atoms with van der Waals surface area (Å²) in [5.41, 5.74) is 1.67. The largest absolute Gasteiger partial charge is 0.480 e. The molecule has 2 amide bonds. The second-order valence-corrected chi connectivity index (χ2v) is 4.78. The lowest BCUT2D eigenvalue weighted by Crippen LogP contribution is -2.51. The zero-order chi connectivity index (χ0) is 16.0. The molecule has 2 atom stereocenters. The van der Waals surface area contributed by atoms with E-state index in [0.29, 0.717) is 6.42 Å². The first kappa shape index (κ1) is 16.9. The van der Waals surface area contributed by atoms with Gasteiger partial charge in [-0.05, 0) is 43.5 Å². The fraction of sp³-hybridized carbons (Fsp3) is 0.429. The van der Waals surface area contributed by atoms with Crippen LogP contribution >= 0.6 is 0 Å². The molecule has 0 spiro atoms. The molecule has 0 aliphatic heterocycles. The average Bonchev–Trinajstić information content (AvgIpc) is 2.37. The molecule has 116 valence electrons. The van der Waals surface area contributed by atoms with E-state index in [-0.39, 0.29) is 12.4 Å². The van der Waals surface area contributed by atoms with Crippen LogP contribution in [-0.2, 0) is 11.2 Å². The highest BCUT2D eigenvalue weighted by Crippen LogP contribution is 2.10. The third-order valence-electron chi connectivity index (χ3n) is 3.02. The van der Waals surface area contributed by atoms with Crippen LogP contribution in [0.25, 0.3) is 0 Å². The maximum Gasteiger partial charge on any atom is 0.328 e. The van der Waals surface area contributed by atoms with Gasteiger partial charge < -0.3 is 20.8 Å². The number of amides is 2. The summed E-state index contributed by atoms with van der Waals surface area (Å²) in [4.78, 5) is 22.3. The highest BCUT2D eigenvalue weighted by Gasteiger charge is 2.24. The molecule has 4 N–H and O–H groups in total. The third kappa shape index (κ3) is 5.39. The molecule has 0 radical (unpaired) electrons. The smallest absolute Gasteiger partial charge is 0.328 e. The molecule has 1 rings (SSSR count). The highest BCUT2D eigenvalue weighted by atomic mass is 19.1. The van der Waals surface area contributed by atoms with Gasteiger partial charge in [-0.3, -0.25) is 0 Å². The minimum absolute atomic E-state index is 0.268. The maximum absolute atomic E-state index is 12.9. The zero-order valence-electron chi connectivity index (χ0n) is 11.9. The van der Waals surface area contributed by atoms with E-state index in [1.165, 1.54) is 19.1 Å². The van der Waals surface area contributed by atoms with Gasteiger partial charge in [0.15, 0.2) is 6.04 Å². The summed E-state index contributed by atoms with van der Waals surface area (Å²) in [5, 5.41) is 22.7. The summed E-state index contributed by atoms with van der Waals surface area (Å²) in [6, 6.07) is 2.35. The van der Waals surface area contributed by atoms with Crippen LogP contribution in [0.1, 0.15) is 18.1 Å². The van der Waals surface area contributed by atoms with Crippen molar-refractivity contribution >= 4 is 12.0 Å². The molecule has 7 heteroatoms. The highest BCUT2D eigenvalue weighted by molar-refractivity contribution is 5.82. The van der Waals surface area contributed by atoms with Crippen molar-refractivity contribution in [2.45, 2.75) is 32.4 Å².